The number of thiophene rings is 1. The molecule has 0 unspecified atom stereocenters. The summed E-state index contributed by atoms with van der Waals surface area (Å²) in [6.45, 7) is 2.96. The van der Waals surface area contributed by atoms with E-state index in [9.17, 15) is 14.7 Å². The normalized spacial score (nSPS) is 30.9. The maximum absolute atomic E-state index is 12.4. The molecule has 0 spiro atoms. The van der Waals surface area contributed by atoms with E-state index < -0.39 is 6.10 Å². The standard InChI is InChI=1S/C16H22N2O3S/c1-10(19)17-14-5-12-7-18(8-13(12)6-15(14)20)16(21)4-11-2-3-22-9-11/h2-3,9,12-15,20H,4-8H2,1H3,(H,17,19)/t12-,13+,14-,15-/m1/s1. The molecule has 1 aromatic rings. The van der Waals surface area contributed by atoms with E-state index in [1.165, 1.54) is 6.92 Å². The topological polar surface area (TPSA) is 69.6 Å². The van der Waals surface area contributed by atoms with Gasteiger partial charge in [-0.25, -0.2) is 0 Å². The SMILES string of the molecule is CC(=O)N[C@@H]1C[C@@H]2CN(C(=O)Cc3ccsc3)C[C@@H]2C[C@H]1O. The zero-order valence-electron chi connectivity index (χ0n) is 12.7. The van der Waals surface area contributed by atoms with Crippen molar-refractivity contribution in [2.75, 3.05) is 13.1 Å². The molecule has 1 saturated carbocycles. The van der Waals surface area contributed by atoms with Gasteiger partial charge in [0.1, 0.15) is 0 Å². The van der Waals surface area contributed by atoms with Gasteiger partial charge in [0.05, 0.1) is 18.6 Å². The zero-order valence-corrected chi connectivity index (χ0v) is 13.5. The Morgan fingerprint density at radius 3 is 2.73 bits per heavy atom. The minimum atomic E-state index is -0.503. The highest BCUT2D eigenvalue weighted by atomic mass is 32.1. The first-order valence-corrected chi connectivity index (χ1v) is 8.71. The van der Waals surface area contributed by atoms with Gasteiger partial charge in [-0.15, -0.1) is 0 Å². The number of carbonyl (C=O) groups excluding carboxylic acids is 2. The van der Waals surface area contributed by atoms with Crippen molar-refractivity contribution in [3.05, 3.63) is 22.4 Å². The molecule has 0 bridgehead atoms. The Bertz CT molecular complexity index is 546. The molecule has 2 amide bonds. The van der Waals surface area contributed by atoms with Crippen molar-refractivity contribution in [3.63, 3.8) is 0 Å². The Balaban J connectivity index is 1.59. The van der Waals surface area contributed by atoms with Gasteiger partial charge in [0, 0.05) is 20.0 Å². The van der Waals surface area contributed by atoms with Crippen molar-refractivity contribution in [3.8, 4) is 0 Å². The van der Waals surface area contributed by atoms with Crippen LogP contribution in [-0.2, 0) is 16.0 Å². The lowest BCUT2D eigenvalue weighted by Gasteiger charge is -2.35. The van der Waals surface area contributed by atoms with E-state index in [2.05, 4.69) is 5.32 Å². The number of likely N-dealkylation sites (tertiary alicyclic amines) is 1. The number of aliphatic hydroxyl groups is 1. The van der Waals surface area contributed by atoms with Gasteiger partial charge in [0.15, 0.2) is 0 Å². The van der Waals surface area contributed by atoms with Gasteiger partial charge in [-0.2, -0.15) is 11.3 Å². The highest BCUT2D eigenvalue weighted by Crippen LogP contribution is 2.36. The van der Waals surface area contributed by atoms with Crippen molar-refractivity contribution >= 4 is 23.2 Å². The van der Waals surface area contributed by atoms with Crippen LogP contribution in [0.4, 0.5) is 0 Å². The summed E-state index contributed by atoms with van der Waals surface area (Å²) < 4.78 is 0. The largest absolute Gasteiger partial charge is 0.391 e. The second-order valence-electron chi connectivity index (χ2n) is 6.47. The predicted octanol–water partition coefficient (Wildman–Crippen LogP) is 1.02. The second-order valence-corrected chi connectivity index (χ2v) is 7.25. The van der Waals surface area contributed by atoms with Gasteiger partial charge in [0.25, 0.3) is 0 Å². The third kappa shape index (κ3) is 3.33. The molecule has 2 aliphatic rings. The van der Waals surface area contributed by atoms with E-state index >= 15 is 0 Å². The number of nitrogens with one attached hydrogen (secondary N) is 1. The predicted molar refractivity (Wildman–Crippen MR) is 84.4 cm³/mol. The van der Waals surface area contributed by atoms with Crippen molar-refractivity contribution in [2.24, 2.45) is 11.8 Å². The van der Waals surface area contributed by atoms with Crippen molar-refractivity contribution in [2.45, 2.75) is 38.3 Å². The molecular weight excluding hydrogens is 300 g/mol. The fourth-order valence-corrected chi connectivity index (χ4v) is 4.40. The molecule has 1 aliphatic carbocycles. The molecule has 120 valence electrons. The summed E-state index contributed by atoms with van der Waals surface area (Å²) in [7, 11) is 0. The number of aliphatic hydroxyl groups excluding tert-OH is 1. The number of nitrogens with zero attached hydrogens (tertiary/aromatic N) is 1. The Morgan fingerprint density at radius 2 is 2.09 bits per heavy atom. The summed E-state index contributed by atoms with van der Waals surface area (Å²) in [4.78, 5) is 25.5. The molecule has 0 radical (unpaired) electrons. The summed E-state index contributed by atoms with van der Waals surface area (Å²) in [6, 6.07) is 1.81. The highest BCUT2D eigenvalue weighted by Gasteiger charge is 2.43. The van der Waals surface area contributed by atoms with Crippen LogP contribution in [0.1, 0.15) is 25.3 Å². The maximum Gasteiger partial charge on any atom is 0.227 e. The van der Waals surface area contributed by atoms with E-state index in [0.717, 1.165) is 25.1 Å². The number of fused-ring (bicyclic) bond motifs is 1. The van der Waals surface area contributed by atoms with Gasteiger partial charge in [0.2, 0.25) is 11.8 Å². The van der Waals surface area contributed by atoms with Gasteiger partial charge in [-0.1, -0.05) is 0 Å². The average Bonchev–Trinajstić information content (AvgIpc) is 3.07. The summed E-state index contributed by atoms with van der Waals surface area (Å²) in [5.41, 5.74) is 1.07. The van der Waals surface area contributed by atoms with E-state index in [0.29, 0.717) is 24.7 Å². The highest BCUT2D eigenvalue weighted by molar-refractivity contribution is 7.07. The Labute approximate surface area is 134 Å². The first kappa shape index (κ1) is 15.5. The van der Waals surface area contributed by atoms with Crippen LogP contribution in [-0.4, -0.2) is 47.1 Å². The molecule has 3 rings (SSSR count). The number of rotatable bonds is 3. The fourth-order valence-electron chi connectivity index (χ4n) is 3.73. The molecule has 1 saturated heterocycles. The van der Waals surface area contributed by atoms with Crippen LogP contribution in [0.15, 0.2) is 16.8 Å². The van der Waals surface area contributed by atoms with Crippen LogP contribution in [0.25, 0.3) is 0 Å². The minimum absolute atomic E-state index is 0.106. The first-order chi connectivity index (χ1) is 10.5. The van der Waals surface area contributed by atoms with E-state index in [-0.39, 0.29) is 17.9 Å². The van der Waals surface area contributed by atoms with Crippen LogP contribution >= 0.6 is 11.3 Å². The smallest absolute Gasteiger partial charge is 0.227 e. The van der Waals surface area contributed by atoms with Crippen LogP contribution in [0, 0.1) is 11.8 Å². The second kappa shape index (κ2) is 6.38. The van der Waals surface area contributed by atoms with Gasteiger partial charge < -0.3 is 15.3 Å². The Morgan fingerprint density at radius 1 is 1.36 bits per heavy atom. The monoisotopic (exact) mass is 322 g/mol. The van der Waals surface area contributed by atoms with Crippen molar-refractivity contribution < 1.29 is 14.7 Å². The zero-order chi connectivity index (χ0) is 15.7. The molecule has 1 aromatic heterocycles. The number of amides is 2. The average molecular weight is 322 g/mol. The molecule has 22 heavy (non-hydrogen) atoms. The fraction of sp³-hybridized carbons (Fsp3) is 0.625. The molecule has 2 heterocycles. The minimum Gasteiger partial charge on any atom is -0.391 e. The molecule has 1 aliphatic heterocycles. The summed E-state index contributed by atoms with van der Waals surface area (Å²) in [5, 5.41) is 17.0. The Hall–Kier alpha value is -1.40. The van der Waals surface area contributed by atoms with Crippen LogP contribution in [0.5, 0.6) is 0 Å². The van der Waals surface area contributed by atoms with Gasteiger partial charge >= 0.3 is 0 Å². The third-order valence-corrected chi connectivity index (χ3v) is 5.55. The number of hydrogen-bond donors (Lipinski definition) is 2. The molecule has 5 nitrogen and oxygen atoms in total. The van der Waals surface area contributed by atoms with Crippen LogP contribution in [0.2, 0.25) is 0 Å². The molecule has 2 N–H and O–H groups in total. The third-order valence-electron chi connectivity index (χ3n) is 4.82. The van der Waals surface area contributed by atoms with Crippen molar-refractivity contribution in [1.29, 1.82) is 0 Å². The van der Waals surface area contributed by atoms with Gasteiger partial charge in [-0.05, 0) is 47.1 Å². The quantitative estimate of drug-likeness (QED) is 0.873. The van der Waals surface area contributed by atoms with E-state index in [1.54, 1.807) is 11.3 Å². The number of hydrogen-bond acceptors (Lipinski definition) is 4. The molecule has 2 fully saturated rings. The van der Waals surface area contributed by atoms with E-state index in [4.69, 9.17) is 0 Å². The molecule has 4 atom stereocenters. The first-order valence-electron chi connectivity index (χ1n) is 7.77. The van der Waals surface area contributed by atoms with Crippen LogP contribution in [0.3, 0.4) is 0 Å². The molecular formula is C16H22N2O3S. The van der Waals surface area contributed by atoms with Crippen LogP contribution < -0.4 is 5.32 Å². The lowest BCUT2D eigenvalue weighted by Crippen LogP contribution is -2.48. The summed E-state index contributed by atoms with van der Waals surface area (Å²) in [5.74, 6) is 0.794. The summed E-state index contributed by atoms with van der Waals surface area (Å²) in [6.07, 6.45) is 1.38. The Kier molecular flexibility index (Phi) is 4.49. The number of carbonyl (C=O) groups is 2. The summed E-state index contributed by atoms with van der Waals surface area (Å²) >= 11 is 1.61. The molecule has 6 heteroatoms. The lowest BCUT2D eigenvalue weighted by molar-refractivity contribution is -0.129. The van der Waals surface area contributed by atoms with E-state index in [1.807, 2.05) is 21.7 Å². The van der Waals surface area contributed by atoms with Gasteiger partial charge in [-0.3, -0.25) is 9.59 Å². The maximum atomic E-state index is 12.4. The lowest BCUT2D eigenvalue weighted by atomic mass is 9.77. The van der Waals surface area contributed by atoms with Crippen molar-refractivity contribution in [1.82, 2.24) is 10.2 Å². The molecule has 0 aromatic carbocycles.